The second-order valence-electron chi connectivity index (χ2n) is 17.8. The first-order valence-corrected chi connectivity index (χ1v) is 17.8. The Bertz CT molecular complexity index is 1210. The molecule has 4 aliphatic rings. The standard InChI is InChI=1S/C36H61N5O6/c1-33(2,3)24(20-47-34(4,5)6)39-32(46)40-28(36(9)16-11-10-12-17-36)31(45)41-19-22-25(35(22,7)8)26(41)30(44)38-23(27(42)29(37)43)18-21-14-13-15-21/h21-26,28H,10-20H2,1-9H3,(H2,37,43)(H,38,44)(H2,39,40,46)/t22-,23?,24-,25-,26-,28+/m0/s1. The van der Waals surface area contributed by atoms with Crippen molar-refractivity contribution >= 4 is 29.5 Å². The van der Waals surface area contributed by atoms with Crippen molar-refractivity contribution in [3.05, 3.63) is 0 Å². The lowest BCUT2D eigenvalue weighted by Gasteiger charge is -2.43. The van der Waals surface area contributed by atoms with Gasteiger partial charge in [-0.05, 0) is 74.0 Å². The number of primary amides is 1. The Kier molecular flexibility index (Phi) is 10.8. The number of hydrogen-bond donors (Lipinski definition) is 4. The van der Waals surface area contributed by atoms with E-state index in [1.165, 1.54) is 0 Å². The molecule has 1 heterocycles. The maximum absolute atomic E-state index is 14.7. The predicted molar refractivity (Wildman–Crippen MR) is 180 cm³/mol. The quantitative estimate of drug-likeness (QED) is 0.231. The average Bonchev–Trinajstić information content (AvgIpc) is 3.25. The summed E-state index contributed by atoms with van der Waals surface area (Å²) in [6, 6.07) is -3.42. The molecule has 266 valence electrons. The van der Waals surface area contributed by atoms with Crippen molar-refractivity contribution in [3.63, 3.8) is 0 Å². The van der Waals surface area contributed by atoms with Gasteiger partial charge >= 0.3 is 6.03 Å². The monoisotopic (exact) mass is 659 g/mol. The molecule has 4 fully saturated rings. The largest absolute Gasteiger partial charge is 0.374 e. The molecule has 5 amide bonds. The topological polar surface area (TPSA) is 160 Å². The molecule has 0 radical (unpaired) electrons. The van der Waals surface area contributed by atoms with Crippen molar-refractivity contribution < 1.29 is 28.7 Å². The fourth-order valence-corrected chi connectivity index (χ4v) is 8.06. The highest BCUT2D eigenvalue weighted by Crippen LogP contribution is 2.65. The summed E-state index contributed by atoms with van der Waals surface area (Å²) in [5.74, 6) is -2.30. The van der Waals surface area contributed by atoms with Gasteiger partial charge in [-0.25, -0.2) is 4.79 Å². The number of likely N-dealkylation sites (tertiary alicyclic amines) is 1. The Morgan fingerprint density at radius 1 is 0.894 bits per heavy atom. The second-order valence-corrected chi connectivity index (χ2v) is 17.8. The number of nitrogens with two attached hydrogens (primary N) is 1. The van der Waals surface area contributed by atoms with E-state index in [1.807, 2.05) is 41.5 Å². The molecule has 5 N–H and O–H groups in total. The molecule has 11 nitrogen and oxygen atoms in total. The van der Waals surface area contributed by atoms with Crippen LogP contribution in [0.3, 0.4) is 0 Å². The molecule has 3 saturated carbocycles. The first-order chi connectivity index (χ1) is 21.7. The van der Waals surface area contributed by atoms with Crippen molar-refractivity contribution in [1.82, 2.24) is 20.9 Å². The zero-order valence-electron chi connectivity index (χ0n) is 30.3. The van der Waals surface area contributed by atoms with E-state index in [1.54, 1.807) is 4.90 Å². The molecule has 1 saturated heterocycles. The maximum Gasteiger partial charge on any atom is 0.315 e. The van der Waals surface area contributed by atoms with Gasteiger partial charge in [-0.2, -0.15) is 0 Å². The van der Waals surface area contributed by atoms with Crippen molar-refractivity contribution in [2.75, 3.05) is 13.2 Å². The van der Waals surface area contributed by atoms with Crippen LogP contribution in [0, 0.1) is 34.0 Å². The molecule has 0 aromatic rings. The highest BCUT2D eigenvalue weighted by molar-refractivity contribution is 6.37. The van der Waals surface area contributed by atoms with Crippen molar-refractivity contribution in [2.45, 2.75) is 150 Å². The molecule has 4 rings (SSSR count). The minimum Gasteiger partial charge on any atom is -0.374 e. The third-order valence-corrected chi connectivity index (χ3v) is 11.7. The van der Waals surface area contributed by atoms with Gasteiger partial charge in [0.15, 0.2) is 0 Å². The zero-order chi connectivity index (χ0) is 35.1. The SMILES string of the molecule is CC(C)(C)OC[C@H](NC(=O)N[C@H](C(=O)N1C[C@H]2[C@@H]([C@H]1C(=O)NC(CC1CCC1)C(=O)C(N)=O)C2(C)C)C1(C)CCCCC1)C(C)(C)C. The Morgan fingerprint density at radius 3 is 2.02 bits per heavy atom. The summed E-state index contributed by atoms with van der Waals surface area (Å²) >= 11 is 0. The summed E-state index contributed by atoms with van der Waals surface area (Å²) in [4.78, 5) is 68.9. The van der Waals surface area contributed by atoms with Crippen LogP contribution in [0.5, 0.6) is 0 Å². The molecule has 0 spiro atoms. The van der Waals surface area contributed by atoms with Crippen molar-refractivity contribution in [1.29, 1.82) is 0 Å². The molecule has 0 aromatic heterocycles. The first kappa shape index (κ1) is 37.1. The molecule has 1 aliphatic heterocycles. The lowest BCUT2D eigenvalue weighted by atomic mass is 9.70. The second kappa shape index (κ2) is 13.7. The van der Waals surface area contributed by atoms with Gasteiger partial charge in [0.25, 0.3) is 5.91 Å². The van der Waals surface area contributed by atoms with Crippen LogP contribution in [0.4, 0.5) is 4.79 Å². The molecule has 1 unspecified atom stereocenters. The lowest BCUT2D eigenvalue weighted by molar-refractivity contribution is -0.146. The van der Waals surface area contributed by atoms with Crippen LogP contribution < -0.4 is 21.7 Å². The summed E-state index contributed by atoms with van der Waals surface area (Å²) in [6.45, 7) is 19.0. The van der Waals surface area contributed by atoms with Gasteiger partial charge in [0.2, 0.25) is 17.6 Å². The Balaban J connectivity index is 1.58. The number of amides is 5. The normalized spacial score (nSPS) is 27.0. The van der Waals surface area contributed by atoms with E-state index in [0.29, 0.717) is 19.6 Å². The molecule has 47 heavy (non-hydrogen) atoms. The van der Waals surface area contributed by atoms with E-state index in [9.17, 15) is 24.0 Å². The third kappa shape index (κ3) is 8.49. The summed E-state index contributed by atoms with van der Waals surface area (Å²) in [5, 5.41) is 9.04. The van der Waals surface area contributed by atoms with Crippen LogP contribution >= 0.6 is 0 Å². The Hall–Kier alpha value is -2.69. The predicted octanol–water partition coefficient (Wildman–Crippen LogP) is 4.07. The Labute approximate surface area is 281 Å². The number of Topliss-reactive ketones (excluding diaryl/α,β-unsaturated/α-hetero) is 1. The number of hydrogen-bond acceptors (Lipinski definition) is 6. The molecule has 3 aliphatic carbocycles. The van der Waals surface area contributed by atoms with Gasteiger partial charge < -0.3 is 31.3 Å². The number of rotatable bonds is 12. The minimum absolute atomic E-state index is 0.0899. The number of carbonyl (C=O) groups excluding carboxylic acids is 5. The number of urea groups is 1. The van der Waals surface area contributed by atoms with Crippen LogP contribution in [0.2, 0.25) is 0 Å². The zero-order valence-corrected chi connectivity index (χ0v) is 30.3. The van der Waals surface area contributed by atoms with E-state index in [4.69, 9.17) is 10.5 Å². The van der Waals surface area contributed by atoms with Crippen LogP contribution in [0.1, 0.15) is 120 Å². The number of nitrogens with one attached hydrogen (secondary N) is 3. The fourth-order valence-electron chi connectivity index (χ4n) is 8.06. The number of piperidine rings is 1. The molecule has 6 atom stereocenters. The summed E-state index contributed by atoms with van der Waals surface area (Å²) < 4.78 is 6.05. The van der Waals surface area contributed by atoms with Gasteiger partial charge in [-0.1, -0.05) is 80.1 Å². The van der Waals surface area contributed by atoms with E-state index in [0.717, 1.165) is 51.4 Å². The van der Waals surface area contributed by atoms with E-state index in [2.05, 4.69) is 36.7 Å². The van der Waals surface area contributed by atoms with E-state index >= 15 is 0 Å². The number of ketones is 1. The van der Waals surface area contributed by atoms with Crippen LogP contribution in [-0.2, 0) is 23.9 Å². The molecule has 0 aromatic carbocycles. The molecular formula is C36H61N5O6. The maximum atomic E-state index is 14.7. The average molecular weight is 660 g/mol. The number of ether oxygens (including phenoxy) is 1. The third-order valence-electron chi connectivity index (χ3n) is 11.7. The number of nitrogens with zero attached hydrogens (tertiary/aromatic N) is 1. The van der Waals surface area contributed by atoms with E-state index < -0.39 is 47.2 Å². The van der Waals surface area contributed by atoms with Gasteiger partial charge in [-0.15, -0.1) is 0 Å². The van der Waals surface area contributed by atoms with Crippen LogP contribution in [-0.4, -0.2) is 77.4 Å². The van der Waals surface area contributed by atoms with Gasteiger partial charge in [0.05, 0.1) is 24.3 Å². The van der Waals surface area contributed by atoms with E-state index in [-0.39, 0.29) is 46.1 Å². The Morgan fingerprint density at radius 2 is 1.51 bits per heavy atom. The minimum atomic E-state index is -1.07. The smallest absolute Gasteiger partial charge is 0.315 e. The number of carbonyl (C=O) groups is 5. The molecular weight excluding hydrogens is 598 g/mol. The molecule has 0 bridgehead atoms. The van der Waals surface area contributed by atoms with Gasteiger partial charge in [-0.3, -0.25) is 19.2 Å². The fraction of sp³-hybridized carbons (Fsp3) is 0.861. The number of fused-ring (bicyclic) bond motifs is 1. The summed E-state index contributed by atoms with van der Waals surface area (Å²) in [5.41, 5.74) is 4.04. The van der Waals surface area contributed by atoms with Crippen molar-refractivity contribution in [3.8, 4) is 0 Å². The van der Waals surface area contributed by atoms with Crippen LogP contribution in [0.25, 0.3) is 0 Å². The summed E-state index contributed by atoms with van der Waals surface area (Å²) in [7, 11) is 0. The van der Waals surface area contributed by atoms with Gasteiger partial charge in [0.1, 0.15) is 12.1 Å². The highest BCUT2D eigenvalue weighted by atomic mass is 16.5. The lowest BCUT2D eigenvalue weighted by Crippen LogP contribution is -2.63. The van der Waals surface area contributed by atoms with Gasteiger partial charge in [0, 0.05) is 6.54 Å². The summed E-state index contributed by atoms with van der Waals surface area (Å²) in [6.07, 6.45) is 7.83. The highest BCUT2D eigenvalue weighted by Gasteiger charge is 2.70. The van der Waals surface area contributed by atoms with Crippen LogP contribution in [0.15, 0.2) is 0 Å². The first-order valence-electron chi connectivity index (χ1n) is 17.8. The van der Waals surface area contributed by atoms with Crippen molar-refractivity contribution in [2.24, 2.45) is 39.7 Å². The molecule has 11 heteroatoms.